The Morgan fingerprint density at radius 1 is 1.41 bits per heavy atom. The van der Waals surface area contributed by atoms with Gasteiger partial charge in [-0.2, -0.15) is 0 Å². The van der Waals surface area contributed by atoms with Crippen molar-refractivity contribution in [3.8, 4) is 0 Å². The van der Waals surface area contributed by atoms with E-state index in [0.29, 0.717) is 5.92 Å². The van der Waals surface area contributed by atoms with Crippen LogP contribution in [-0.4, -0.2) is 22.0 Å². The SMILES string of the molecule is CC1CCCC(OC(=O)c2cnc(Cl)cn2)C1. The summed E-state index contributed by atoms with van der Waals surface area (Å²) in [5.74, 6) is 0.214. The minimum absolute atomic E-state index is 0.0173. The van der Waals surface area contributed by atoms with Crippen LogP contribution >= 0.6 is 11.6 Å². The quantitative estimate of drug-likeness (QED) is 0.762. The Morgan fingerprint density at radius 2 is 2.24 bits per heavy atom. The van der Waals surface area contributed by atoms with E-state index in [2.05, 4.69) is 16.9 Å². The van der Waals surface area contributed by atoms with E-state index in [1.54, 1.807) is 0 Å². The number of hydrogen-bond donors (Lipinski definition) is 0. The monoisotopic (exact) mass is 254 g/mol. The highest BCUT2D eigenvalue weighted by molar-refractivity contribution is 6.29. The van der Waals surface area contributed by atoms with Crippen LogP contribution in [0, 0.1) is 5.92 Å². The minimum Gasteiger partial charge on any atom is -0.458 e. The number of esters is 1. The van der Waals surface area contributed by atoms with Gasteiger partial charge in [-0.25, -0.2) is 14.8 Å². The molecule has 5 heteroatoms. The van der Waals surface area contributed by atoms with Crippen molar-refractivity contribution < 1.29 is 9.53 Å². The molecule has 1 heterocycles. The van der Waals surface area contributed by atoms with Gasteiger partial charge in [-0.05, 0) is 25.2 Å². The fraction of sp³-hybridized carbons (Fsp3) is 0.583. The molecule has 0 aliphatic heterocycles. The second-order valence-corrected chi connectivity index (χ2v) is 4.91. The molecule has 2 unspecified atom stereocenters. The molecule has 1 fully saturated rings. The van der Waals surface area contributed by atoms with Crippen molar-refractivity contribution in [1.29, 1.82) is 0 Å². The number of halogens is 1. The van der Waals surface area contributed by atoms with Crippen LogP contribution < -0.4 is 0 Å². The minimum atomic E-state index is -0.409. The third-order valence-electron chi connectivity index (χ3n) is 2.99. The first-order valence-electron chi connectivity index (χ1n) is 5.83. The van der Waals surface area contributed by atoms with Crippen molar-refractivity contribution >= 4 is 17.6 Å². The summed E-state index contributed by atoms with van der Waals surface area (Å²) in [4.78, 5) is 19.5. The van der Waals surface area contributed by atoms with Gasteiger partial charge in [0.25, 0.3) is 0 Å². The summed E-state index contributed by atoms with van der Waals surface area (Å²) in [5.41, 5.74) is 0.215. The summed E-state index contributed by atoms with van der Waals surface area (Å²) in [6.45, 7) is 2.18. The second kappa shape index (κ2) is 5.45. The molecule has 1 saturated carbocycles. The molecule has 1 aliphatic carbocycles. The van der Waals surface area contributed by atoms with Crippen molar-refractivity contribution in [1.82, 2.24) is 9.97 Å². The summed E-state index contributed by atoms with van der Waals surface area (Å²) in [6, 6.07) is 0. The highest BCUT2D eigenvalue weighted by Gasteiger charge is 2.23. The lowest BCUT2D eigenvalue weighted by Gasteiger charge is -2.26. The lowest BCUT2D eigenvalue weighted by Crippen LogP contribution is -2.25. The summed E-state index contributed by atoms with van der Waals surface area (Å²) >= 11 is 5.60. The van der Waals surface area contributed by atoms with E-state index in [1.165, 1.54) is 18.8 Å². The molecule has 1 aromatic heterocycles. The second-order valence-electron chi connectivity index (χ2n) is 4.52. The molecule has 0 saturated heterocycles. The first-order chi connectivity index (χ1) is 8.15. The molecule has 0 spiro atoms. The zero-order valence-corrected chi connectivity index (χ0v) is 10.5. The van der Waals surface area contributed by atoms with Crippen LogP contribution in [0.3, 0.4) is 0 Å². The van der Waals surface area contributed by atoms with Gasteiger partial charge in [0, 0.05) is 0 Å². The summed E-state index contributed by atoms with van der Waals surface area (Å²) in [5, 5.41) is 0.271. The Kier molecular flexibility index (Phi) is 3.94. The molecule has 0 amide bonds. The van der Waals surface area contributed by atoms with Crippen LogP contribution in [0.25, 0.3) is 0 Å². The average molecular weight is 255 g/mol. The van der Waals surface area contributed by atoms with Crippen LogP contribution in [0.1, 0.15) is 43.1 Å². The standard InChI is InChI=1S/C12H15ClN2O2/c1-8-3-2-4-9(5-8)17-12(16)10-6-15-11(13)7-14-10/h6-9H,2-5H2,1H3. The first kappa shape index (κ1) is 12.3. The van der Waals surface area contributed by atoms with E-state index in [-0.39, 0.29) is 17.0 Å². The van der Waals surface area contributed by atoms with Gasteiger partial charge in [0.15, 0.2) is 5.69 Å². The molecule has 92 valence electrons. The molecular formula is C12H15ClN2O2. The number of carbonyl (C=O) groups excluding carboxylic acids is 1. The molecule has 4 nitrogen and oxygen atoms in total. The Morgan fingerprint density at radius 3 is 2.88 bits per heavy atom. The molecular weight excluding hydrogens is 240 g/mol. The first-order valence-corrected chi connectivity index (χ1v) is 6.21. The third-order valence-corrected chi connectivity index (χ3v) is 3.19. The zero-order chi connectivity index (χ0) is 12.3. The smallest absolute Gasteiger partial charge is 0.358 e. The fourth-order valence-corrected chi connectivity index (χ4v) is 2.21. The normalized spacial score (nSPS) is 24.4. The highest BCUT2D eigenvalue weighted by Crippen LogP contribution is 2.26. The van der Waals surface area contributed by atoms with E-state index >= 15 is 0 Å². The summed E-state index contributed by atoms with van der Waals surface area (Å²) < 4.78 is 5.40. The van der Waals surface area contributed by atoms with Gasteiger partial charge in [0.05, 0.1) is 12.4 Å². The molecule has 0 N–H and O–H groups in total. The Hall–Kier alpha value is -1.16. The molecule has 0 aromatic carbocycles. The van der Waals surface area contributed by atoms with Gasteiger partial charge in [-0.3, -0.25) is 0 Å². The van der Waals surface area contributed by atoms with E-state index < -0.39 is 5.97 Å². The number of nitrogens with zero attached hydrogens (tertiary/aromatic N) is 2. The van der Waals surface area contributed by atoms with Crippen LogP contribution in [0.15, 0.2) is 12.4 Å². The maximum absolute atomic E-state index is 11.8. The molecule has 17 heavy (non-hydrogen) atoms. The van der Waals surface area contributed by atoms with E-state index in [4.69, 9.17) is 16.3 Å². The van der Waals surface area contributed by atoms with Gasteiger partial charge in [-0.1, -0.05) is 24.9 Å². The number of ether oxygens (including phenoxy) is 1. The van der Waals surface area contributed by atoms with E-state index in [9.17, 15) is 4.79 Å². The molecule has 1 aliphatic rings. The lowest BCUT2D eigenvalue weighted by atomic mass is 9.89. The van der Waals surface area contributed by atoms with Crippen LogP contribution in [0.5, 0.6) is 0 Å². The topological polar surface area (TPSA) is 52.1 Å². The van der Waals surface area contributed by atoms with Crippen molar-refractivity contribution in [3.63, 3.8) is 0 Å². The Bertz CT molecular complexity index is 394. The number of hydrogen-bond acceptors (Lipinski definition) is 4. The highest BCUT2D eigenvalue weighted by atomic mass is 35.5. The van der Waals surface area contributed by atoms with Crippen molar-refractivity contribution in [3.05, 3.63) is 23.2 Å². The summed E-state index contributed by atoms with van der Waals surface area (Å²) in [6.07, 6.45) is 6.92. The van der Waals surface area contributed by atoms with Gasteiger partial charge in [0.2, 0.25) is 0 Å². The Balaban J connectivity index is 1.94. The third kappa shape index (κ3) is 3.40. The number of carbonyl (C=O) groups is 1. The van der Waals surface area contributed by atoms with Gasteiger partial charge in [0.1, 0.15) is 11.3 Å². The van der Waals surface area contributed by atoms with Gasteiger partial charge in [-0.15, -0.1) is 0 Å². The van der Waals surface area contributed by atoms with Crippen LogP contribution in [-0.2, 0) is 4.74 Å². The predicted molar refractivity (Wildman–Crippen MR) is 63.9 cm³/mol. The van der Waals surface area contributed by atoms with Crippen molar-refractivity contribution in [2.24, 2.45) is 5.92 Å². The average Bonchev–Trinajstić information content (AvgIpc) is 2.29. The maximum Gasteiger partial charge on any atom is 0.358 e. The zero-order valence-electron chi connectivity index (χ0n) is 9.73. The van der Waals surface area contributed by atoms with Gasteiger partial charge >= 0.3 is 5.97 Å². The Labute approximate surface area is 105 Å². The van der Waals surface area contributed by atoms with Crippen LogP contribution in [0.4, 0.5) is 0 Å². The van der Waals surface area contributed by atoms with Crippen molar-refractivity contribution in [2.75, 3.05) is 0 Å². The fourth-order valence-electron chi connectivity index (χ4n) is 2.11. The molecule has 2 rings (SSSR count). The molecule has 0 bridgehead atoms. The summed E-state index contributed by atoms with van der Waals surface area (Å²) in [7, 11) is 0. The number of rotatable bonds is 2. The van der Waals surface area contributed by atoms with E-state index in [0.717, 1.165) is 19.3 Å². The molecule has 1 aromatic rings. The van der Waals surface area contributed by atoms with E-state index in [1.807, 2.05) is 0 Å². The van der Waals surface area contributed by atoms with Crippen molar-refractivity contribution in [2.45, 2.75) is 38.7 Å². The lowest BCUT2D eigenvalue weighted by molar-refractivity contribution is 0.0148. The van der Waals surface area contributed by atoms with Crippen LogP contribution in [0.2, 0.25) is 5.15 Å². The predicted octanol–water partition coefficient (Wildman–Crippen LogP) is 2.87. The molecule has 2 atom stereocenters. The molecule has 0 radical (unpaired) electrons. The largest absolute Gasteiger partial charge is 0.458 e. The number of aromatic nitrogens is 2. The van der Waals surface area contributed by atoms with Gasteiger partial charge < -0.3 is 4.74 Å². The maximum atomic E-state index is 11.8.